The fraction of sp³-hybridized carbons (Fsp3) is 0.300. The van der Waals surface area contributed by atoms with Crippen LogP contribution in [0.25, 0.3) is 10.2 Å². The number of para-hydroxylation sites is 1. The summed E-state index contributed by atoms with van der Waals surface area (Å²) in [4.78, 5) is 42.7. The Morgan fingerprint density at radius 1 is 1.27 bits per heavy atom. The average Bonchev–Trinajstić information content (AvgIpc) is 3.01. The first-order chi connectivity index (χ1) is 14.3. The number of halogens is 1. The highest BCUT2D eigenvalue weighted by molar-refractivity contribution is 7.18. The SMILES string of the molecule is Cc1sc2ncn(CCC(=O)NNC(=O)C(C)Oc3ccccc3F)c(=O)c2c1C. The molecule has 0 aliphatic heterocycles. The lowest BCUT2D eigenvalue weighted by Crippen LogP contribution is -2.47. The van der Waals surface area contributed by atoms with Gasteiger partial charge in [0.1, 0.15) is 4.83 Å². The Morgan fingerprint density at radius 2 is 2.00 bits per heavy atom. The predicted molar refractivity (Wildman–Crippen MR) is 111 cm³/mol. The summed E-state index contributed by atoms with van der Waals surface area (Å²) in [6.45, 7) is 5.34. The number of rotatable bonds is 6. The van der Waals surface area contributed by atoms with E-state index in [1.807, 2.05) is 13.8 Å². The zero-order chi connectivity index (χ0) is 21.8. The summed E-state index contributed by atoms with van der Waals surface area (Å²) in [5.41, 5.74) is 5.18. The van der Waals surface area contributed by atoms with Crippen molar-refractivity contribution in [2.75, 3.05) is 0 Å². The molecule has 0 radical (unpaired) electrons. The van der Waals surface area contributed by atoms with Crippen LogP contribution in [-0.4, -0.2) is 27.5 Å². The van der Waals surface area contributed by atoms with Gasteiger partial charge in [-0.05, 0) is 38.5 Å². The van der Waals surface area contributed by atoms with Gasteiger partial charge in [-0.1, -0.05) is 12.1 Å². The lowest BCUT2D eigenvalue weighted by molar-refractivity contribution is -0.132. The van der Waals surface area contributed by atoms with Gasteiger partial charge in [-0.3, -0.25) is 29.8 Å². The molecule has 0 saturated carbocycles. The van der Waals surface area contributed by atoms with Crippen molar-refractivity contribution in [3.8, 4) is 5.75 Å². The molecule has 0 saturated heterocycles. The Labute approximate surface area is 175 Å². The summed E-state index contributed by atoms with van der Waals surface area (Å²) in [6, 6.07) is 5.70. The molecule has 0 fully saturated rings. The summed E-state index contributed by atoms with van der Waals surface area (Å²) in [5, 5.41) is 0.563. The molecule has 2 amide bonds. The molecule has 2 heterocycles. The number of hydrogen-bond donors (Lipinski definition) is 2. The first-order valence-corrected chi connectivity index (χ1v) is 10.0. The maximum atomic E-state index is 13.6. The topological polar surface area (TPSA) is 102 Å². The van der Waals surface area contributed by atoms with Crippen LogP contribution >= 0.6 is 11.3 Å². The van der Waals surface area contributed by atoms with Crippen molar-refractivity contribution in [3.05, 3.63) is 57.2 Å². The minimum atomic E-state index is -1.03. The summed E-state index contributed by atoms with van der Waals surface area (Å²) in [5.74, 6) is -1.79. The first kappa shape index (κ1) is 21.4. The minimum absolute atomic E-state index is 0.0436. The monoisotopic (exact) mass is 432 g/mol. The number of carbonyl (C=O) groups is 2. The largest absolute Gasteiger partial charge is 0.478 e. The summed E-state index contributed by atoms with van der Waals surface area (Å²) < 4.78 is 20.2. The molecule has 2 aromatic heterocycles. The molecule has 1 unspecified atom stereocenters. The minimum Gasteiger partial charge on any atom is -0.478 e. The number of ether oxygens (including phenoxy) is 1. The molecule has 0 aliphatic carbocycles. The van der Waals surface area contributed by atoms with E-state index in [2.05, 4.69) is 15.8 Å². The summed E-state index contributed by atoms with van der Waals surface area (Å²) >= 11 is 1.45. The lowest BCUT2D eigenvalue weighted by Gasteiger charge is -2.15. The second-order valence-corrected chi connectivity index (χ2v) is 7.89. The fourth-order valence-corrected chi connectivity index (χ4v) is 3.72. The number of aryl methyl sites for hydroxylation is 3. The first-order valence-electron chi connectivity index (χ1n) is 9.23. The highest BCUT2D eigenvalue weighted by Gasteiger charge is 2.17. The van der Waals surface area contributed by atoms with Crippen molar-refractivity contribution in [2.24, 2.45) is 0 Å². The fourth-order valence-electron chi connectivity index (χ4n) is 2.73. The van der Waals surface area contributed by atoms with Crippen LogP contribution in [-0.2, 0) is 16.1 Å². The van der Waals surface area contributed by atoms with Crippen LogP contribution in [0.5, 0.6) is 5.75 Å². The van der Waals surface area contributed by atoms with Crippen molar-refractivity contribution < 1.29 is 18.7 Å². The number of nitrogens with zero attached hydrogens (tertiary/aromatic N) is 2. The number of carbonyl (C=O) groups excluding carboxylic acids is 2. The van der Waals surface area contributed by atoms with Gasteiger partial charge < -0.3 is 4.74 Å². The Kier molecular flexibility index (Phi) is 6.46. The third kappa shape index (κ3) is 4.65. The van der Waals surface area contributed by atoms with Crippen LogP contribution in [0.3, 0.4) is 0 Å². The molecular weight excluding hydrogens is 411 g/mol. The number of thiophene rings is 1. The number of hydrazine groups is 1. The molecule has 10 heteroatoms. The van der Waals surface area contributed by atoms with Gasteiger partial charge in [0, 0.05) is 17.8 Å². The van der Waals surface area contributed by atoms with Gasteiger partial charge in [0.2, 0.25) is 5.91 Å². The summed E-state index contributed by atoms with van der Waals surface area (Å²) in [7, 11) is 0. The second-order valence-electron chi connectivity index (χ2n) is 6.68. The molecule has 0 spiro atoms. The number of benzene rings is 1. The molecule has 0 bridgehead atoms. The number of hydrogen-bond acceptors (Lipinski definition) is 6. The van der Waals surface area contributed by atoms with Gasteiger partial charge in [0.15, 0.2) is 17.7 Å². The van der Waals surface area contributed by atoms with Crippen LogP contribution in [0.2, 0.25) is 0 Å². The van der Waals surface area contributed by atoms with E-state index in [0.717, 1.165) is 10.4 Å². The van der Waals surface area contributed by atoms with Gasteiger partial charge in [0.05, 0.1) is 11.7 Å². The zero-order valence-electron chi connectivity index (χ0n) is 16.7. The molecule has 1 atom stereocenters. The molecule has 0 aliphatic rings. The van der Waals surface area contributed by atoms with E-state index in [-0.39, 0.29) is 24.3 Å². The summed E-state index contributed by atoms with van der Waals surface area (Å²) in [6.07, 6.45) is 0.343. The Balaban J connectivity index is 1.52. The standard InChI is InChI=1S/C20H21FN4O4S/c1-11-13(3)30-19-17(11)20(28)25(10-22-19)9-8-16(26)23-24-18(27)12(2)29-15-7-5-4-6-14(15)21/h4-7,10,12H,8-9H2,1-3H3,(H,23,26)(H,24,27). The molecule has 2 N–H and O–H groups in total. The number of aromatic nitrogens is 2. The van der Waals surface area contributed by atoms with Crippen LogP contribution in [0.1, 0.15) is 23.8 Å². The van der Waals surface area contributed by atoms with E-state index in [1.165, 1.54) is 47.4 Å². The van der Waals surface area contributed by atoms with Gasteiger partial charge in [0.25, 0.3) is 11.5 Å². The van der Waals surface area contributed by atoms with Crippen LogP contribution < -0.4 is 21.1 Å². The number of fused-ring (bicyclic) bond motifs is 1. The molecule has 30 heavy (non-hydrogen) atoms. The van der Waals surface area contributed by atoms with Crippen molar-refractivity contribution in [3.63, 3.8) is 0 Å². The number of nitrogens with one attached hydrogen (secondary N) is 2. The second kappa shape index (κ2) is 9.04. The molecule has 8 nitrogen and oxygen atoms in total. The highest BCUT2D eigenvalue weighted by atomic mass is 32.1. The van der Waals surface area contributed by atoms with Gasteiger partial charge >= 0.3 is 0 Å². The zero-order valence-corrected chi connectivity index (χ0v) is 17.5. The molecule has 158 valence electrons. The quantitative estimate of drug-likeness (QED) is 0.582. The van der Waals surface area contributed by atoms with Crippen molar-refractivity contribution in [2.45, 2.75) is 39.8 Å². The molecule has 1 aromatic carbocycles. The predicted octanol–water partition coefficient (Wildman–Crippen LogP) is 2.22. The van der Waals surface area contributed by atoms with Gasteiger partial charge in [-0.15, -0.1) is 11.3 Å². The number of amides is 2. The van der Waals surface area contributed by atoms with E-state index >= 15 is 0 Å². The van der Waals surface area contributed by atoms with E-state index in [0.29, 0.717) is 10.2 Å². The maximum Gasteiger partial charge on any atom is 0.279 e. The van der Waals surface area contributed by atoms with E-state index in [4.69, 9.17) is 4.74 Å². The lowest BCUT2D eigenvalue weighted by atomic mass is 10.2. The highest BCUT2D eigenvalue weighted by Crippen LogP contribution is 2.25. The molecule has 3 aromatic rings. The average molecular weight is 432 g/mol. The van der Waals surface area contributed by atoms with E-state index < -0.39 is 23.7 Å². The van der Waals surface area contributed by atoms with Gasteiger partial charge in [-0.2, -0.15) is 0 Å². The van der Waals surface area contributed by atoms with Crippen molar-refractivity contribution in [1.29, 1.82) is 0 Å². The molecular formula is C20H21FN4O4S. The maximum absolute atomic E-state index is 13.6. The molecule has 3 rings (SSSR count). The smallest absolute Gasteiger partial charge is 0.279 e. The van der Waals surface area contributed by atoms with Crippen LogP contribution in [0.15, 0.2) is 35.4 Å². The Hall–Kier alpha value is -3.27. The Morgan fingerprint density at radius 3 is 2.73 bits per heavy atom. The van der Waals surface area contributed by atoms with E-state index in [1.54, 1.807) is 6.07 Å². The van der Waals surface area contributed by atoms with Gasteiger partial charge in [-0.25, -0.2) is 9.37 Å². The van der Waals surface area contributed by atoms with Crippen LogP contribution in [0, 0.1) is 19.7 Å². The third-order valence-corrected chi connectivity index (χ3v) is 5.69. The van der Waals surface area contributed by atoms with Crippen molar-refractivity contribution >= 4 is 33.4 Å². The van der Waals surface area contributed by atoms with Crippen molar-refractivity contribution in [1.82, 2.24) is 20.4 Å². The van der Waals surface area contributed by atoms with Crippen LogP contribution in [0.4, 0.5) is 4.39 Å². The third-order valence-electron chi connectivity index (χ3n) is 4.57. The van der Waals surface area contributed by atoms with E-state index in [9.17, 15) is 18.8 Å². The Bertz CT molecular complexity index is 1160. The normalized spacial score (nSPS) is 11.9.